The number of rotatable bonds is 5. The zero-order valence-electron chi connectivity index (χ0n) is 10.3. The topological polar surface area (TPSA) is 15.7 Å². The fraction of sp³-hybridized carbons (Fsp3) is 0.538. The minimum absolute atomic E-state index is 0.735. The van der Waals surface area contributed by atoms with Crippen molar-refractivity contribution in [2.75, 3.05) is 55.4 Å². The lowest BCUT2D eigenvalue weighted by Crippen LogP contribution is -2.40. The van der Waals surface area contributed by atoms with Crippen LogP contribution in [-0.2, 0) is 4.74 Å². The molecule has 0 aromatic heterocycles. The predicted molar refractivity (Wildman–Crippen MR) is 76.6 cm³/mol. The van der Waals surface area contributed by atoms with Gasteiger partial charge < -0.3 is 14.5 Å². The highest BCUT2D eigenvalue weighted by atomic mass is 32.1. The van der Waals surface area contributed by atoms with E-state index in [1.807, 2.05) is 0 Å². The second kappa shape index (κ2) is 6.17. The smallest absolute Gasteiger partial charge is 0.0642 e. The van der Waals surface area contributed by atoms with E-state index in [4.69, 9.17) is 4.74 Å². The number of nitrogens with zero attached hydrogens (tertiary/aromatic N) is 2. The Morgan fingerprint density at radius 1 is 1.18 bits per heavy atom. The lowest BCUT2D eigenvalue weighted by Gasteiger charge is -2.36. The second-order valence-electron chi connectivity index (χ2n) is 4.23. The molecule has 1 heterocycles. The highest BCUT2D eigenvalue weighted by Crippen LogP contribution is 2.31. The highest BCUT2D eigenvalue weighted by molar-refractivity contribution is 7.80. The maximum Gasteiger partial charge on any atom is 0.0642 e. The Balaban J connectivity index is 1.98. The Morgan fingerprint density at radius 3 is 2.71 bits per heavy atom. The number of likely N-dealkylation sites (N-methyl/N-ethyl adjacent to an activating group) is 1. The number of thiol groups is 1. The van der Waals surface area contributed by atoms with Gasteiger partial charge in [-0.2, -0.15) is 12.6 Å². The largest absolute Gasteiger partial charge is 0.379 e. The first-order valence-electron chi connectivity index (χ1n) is 6.06. The molecular weight excluding hydrogens is 232 g/mol. The molecule has 1 aromatic rings. The number of hydrogen-bond acceptors (Lipinski definition) is 4. The maximum absolute atomic E-state index is 5.50. The van der Waals surface area contributed by atoms with Gasteiger partial charge >= 0.3 is 0 Å². The van der Waals surface area contributed by atoms with Gasteiger partial charge in [0.1, 0.15) is 0 Å². The summed E-state index contributed by atoms with van der Waals surface area (Å²) >= 11 is 4.13. The first-order chi connectivity index (χ1) is 8.33. The van der Waals surface area contributed by atoms with E-state index in [1.165, 1.54) is 11.4 Å². The zero-order chi connectivity index (χ0) is 12.1. The van der Waals surface area contributed by atoms with Crippen LogP contribution < -0.4 is 9.80 Å². The number of benzene rings is 1. The summed E-state index contributed by atoms with van der Waals surface area (Å²) in [6.07, 6.45) is 0. The van der Waals surface area contributed by atoms with Gasteiger partial charge in [0.2, 0.25) is 0 Å². The van der Waals surface area contributed by atoms with Gasteiger partial charge in [0, 0.05) is 32.4 Å². The van der Waals surface area contributed by atoms with Crippen molar-refractivity contribution in [3.8, 4) is 0 Å². The molecule has 1 aromatic carbocycles. The van der Waals surface area contributed by atoms with Crippen LogP contribution in [0.15, 0.2) is 24.3 Å². The number of para-hydroxylation sites is 2. The van der Waals surface area contributed by atoms with Crippen molar-refractivity contribution in [3.63, 3.8) is 0 Å². The quantitative estimate of drug-likeness (QED) is 0.636. The van der Waals surface area contributed by atoms with Crippen LogP contribution in [0.2, 0.25) is 0 Å². The lowest BCUT2D eigenvalue weighted by molar-refractivity contribution is 0.156. The molecule has 1 aliphatic heterocycles. The van der Waals surface area contributed by atoms with Gasteiger partial charge in [0.15, 0.2) is 0 Å². The third-order valence-electron chi connectivity index (χ3n) is 3.08. The van der Waals surface area contributed by atoms with Crippen molar-refractivity contribution >= 4 is 24.0 Å². The summed E-state index contributed by atoms with van der Waals surface area (Å²) in [7, 11) is 2.15. The summed E-state index contributed by atoms with van der Waals surface area (Å²) in [6, 6.07) is 8.55. The standard InChI is InChI=1S/C13H20N2OS/c1-14-6-7-15(8-9-16-10-11-17)13-5-3-2-4-12(13)14/h2-5,17H,6-11H2,1H3. The van der Waals surface area contributed by atoms with Gasteiger partial charge in [0.05, 0.1) is 24.6 Å². The first kappa shape index (κ1) is 12.6. The average molecular weight is 252 g/mol. The Kier molecular flexibility index (Phi) is 4.57. The maximum atomic E-state index is 5.50. The van der Waals surface area contributed by atoms with Crippen molar-refractivity contribution in [2.24, 2.45) is 0 Å². The molecule has 0 fully saturated rings. The summed E-state index contributed by atoms with van der Waals surface area (Å²) in [5.74, 6) is 0.791. The second-order valence-corrected chi connectivity index (χ2v) is 4.68. The Hall–Kier alpha value is -0.870. The fourth-order valence-corrected chi connectivity index (χ4v) is 2.27. The van der Waals surface area contributed by atoms with Crippen molar-refractivity contribution < 1.29 is 4.74 Å². The molecule has 0 spiro atoms. The van der Waals surface area contributed by atoms with E-state index in [-0.39, 0.29) is 0 Å². The summed E-state index contributed by atoms with van der Waals surface area (Å²) in [5.41, 5.74) is 2.63. The Labute approximate surface area is 109 Å². The summed E-state index contributed by atoms with van der Waals surface area (Å²) in [6.45, 7) is 4.61. The van der Waals surface area contributed by atoms with Crippen molar-refractivity contribution in [1.82, 2.24) is 0 Å². The van der Waals surface area contributed by atoms with Crippen LogP contribution in [0.25, 0.3) is 0 Å². The van der Waals surface area contributed by atoms with Gasteiger partial charge in [0.25, 0.3) is 0 Å². The van der Waals surface area contributed by atoms with E-state index in [2.05, 4.69) is 53.7 Å². The fourth-order valence-electron chi connectivity index (χ4n) is 2.14. The van der Waals surface area contributed by atoms with Crippen molar-refractivity contribution in [3.05, 3.63) is 24.3 Å². The average Bonchev–Trinajstić information content (AvgIpc) is 2.37. The van der Waals surface area contributed by atoms with E-state index in [1.54, 1.807) is 0 Å². The van der Waals surface area contributed by atoms with Gasteiger partial charge in [-0.05, 0) is 12.1 Å². The number of ether oxygens (including phenoxy) is 1. The Bertz CT molecular complexity index is 359. The molecule has 3 nitrogen and oxygen atoms in total. The first-order valence-corrected chi connectivity index (χ1v) is 6.70. The third-order valence-corrected chi connectivity index (χ3v) is 3.26. The van der Waals surface area contributed by atoms with E-state index in [9.17, 15) is 0 Å². The molecule has 0 saturated carbocycles. The van der Waals surface area contributed by atoms with Crippen LogP contribution >= 0.6 is 12.6 Å². The molecule has 0 bridgehead atoms. The molecule has 0 amide bonds. The third kappa shape index (κ3) is 3.07. The van der Waals surface area contributed by atoms with Crippen LogP contribution in [0.1, 0.15) is 0 Å². The minimum Gasteiger partial charge on any atom is -0.379 e. The van der Waals surface area contributed by atoms with Crippen LogP contribution in [0, 0.1) is 0 Å². The number of fused-ring (bicyclic) bond motifs is 1. The molecule has 0 atom stereocenters. The predicted octanol–water partition coefficient (Wildman–Crippen LogP) is 1.89. The van der Waals surface area contributed by atoms with Gasteiger partial charge in [-0.15, -0.1) is 0 Å². The lowest BCUT2D eigenvalue weighted by atomic mass is 10.2. The zero-order valence-corrected chi connectivity index (χ0v) is 11.2. The normalized spacial score (nSPS) is 14.9. The van der Waals surface area contributed by atoms with Gasteiger partial charge in [-0.25, -0.2) is 0 Å². The molecule has 1 aliphatic rings. The van der Waals surface area contributed by atoms with Gasteiger partial charge in [-0.1, -0.05) is 12.1 Å². The van der Waals surface area contributed by atoms with Crippen LogP contribution in [0.5, 0.6) is 0 Å². The van der Waals surface area contributed by atoms with E-state index < -0.39 is 0 Å². The number of hydrogen-bond donors (Lipinski definition) is 1. The molecule has 17 heavy (non-hydrogen) atoms. The Morgan fingerprint density at radius 2 is 1.94 bits per heavy atom. The van der Waals surface area contributed by atoms with Crippen LogP contribution in [-0.4, -0.2) is 45.6 Å². The van der Waals surface area contributed by atoms with E-state index in [0.717, 1.165) is 38.6 Å². The molecule has 0 saturated heterocycles. The van der Waals surface area contributed by atoms with Gasteiger partial charge in [-0.3, -0.25) is 0 Å². The molecule has 0 unspecified atom stereocenters. The molecule has 2 rings (SSSR count). The van der Waals surface area contributed by atoms with Crippen molar-refractivity contribution in [2.45, 2.75) is 0 Å². The molecule has 0 radical (unpaired) electrons. The monoisotopic (exact) mass is 252 g/mol. The summed E-state index contributed by atoms with van der Waals surface area (Å²) < 4.78 is 5.50. The molecule has 0 aliphatic carbocycles. The summed E-state index contributed by atoms with van der Waals surface area (Å²) in [5, 5.41) is 0. The van der Waals surface area contributed by atoms with E-state index in [0.29, 0.717) is 0 Å². The SMILES string of the molecule is CN1CCN(CCOCCS)c2ccccc21. The highest BCUT2D eigenvalue weighted by Gasteiger charge is 2.18. The molecule has 0 N–H and O–H groups in total. The van der Waals surface area contributed by atoms with Crippen molar-refractivity contribution in [1.29, 1.82) is 0 Å². The van der Waals surface area contributed by atoms with E-state index >= 15 is 0 Å². The number of anilines is 2. The van der Waals surface area contributed by atoms with Crippen LogP contribution in [0.3, 0.4) is 0 Å². The molecule has 94 valence electrons. The minimum atomic E-state index is 0.735. The van der Waals surface area contributed by atoms with Crippen LogP contribution in [0.4, 0.5) is 11.4 Å². The summed E-state index contributed by atoms with van der Waals surface area (Å²) in [4.78, 5) is 4.70. The molecule has 4 heteroatoms. The molecular formula is C13H20N2OS.